The molecule has 3 atom stereocenters. The lowest BCUT2D eigenvalue weighted by molar-refractivity contribution is 0.259. The molecule has 0 fully saturated rings. The highest BCUT2D eigenvalue weighted by molar-refractivity contribution is 5.30. The maximum atomic E-state index is 9.22. The molecule has 2 aliphatic carbocycles. The lowest BCUT2D eigenvalue weighted by Gasteiger charge is -2.43. The average molecular weight is 312 g/mol. The number of allylic oxidation sites excluding steroid dienone is 2. The van der Waals surface area contributed by atoms with Crippen LogP contribution in [-0.4, -0.2) is 5.11 Å². The first-order chi connectivity index (χ1) is 11.1. The van der Waals surface area contributed by atoms with Crippen LogP contribution in [0.5, 0.6) is 0 Å². The fourth-order valence-corrected chi connectivity index (χ4v) is 4.83. The minimum atomic E-state index is 0.142. The number of rotatable bonds is 4. The number of aliphatic hydroxyl groups is 1. The minimum Gasteiger partial charge on any atom is -0.392 e. The van der Waals surface area contributed by atoms with Gasteiger partial charge >= 0.3 is 0 Å². The Morgan fingerprint density at radius 2 is 1.96 bits per heavy atom. The van der Waals surface area contributed by atoms with Crippen LogP contribution in [0.4, 0.5) is 0 Å². The summed E-state index contributed by atoms with van der Waals surface area (Å²) in [6.45, 7) is 7.42. The van der Waals surface area contributed by atoms with E-state index >= 15 is 0 Å². The maximum absolute atomic E-state index is 9.22. The van der Waals surface area contributed by atoms with E-state index in [1.807, 2.05) is 5.57 Å². The normalized spacial score (nSPS) is 29.3. The molecule has 0 saturated heterocycles. The van der Waals surface area contributed by atoms with Gasteiger partial charge in [0.25, 0.3) is 0 Å². The van der Waals surface area contributed by atoms with Crippen LogP contribution >= 0.6 is 0 Å². The van der Waals surface area contributed by atoms with Crippen molar-refractivity contribution in [2.24, 2.45) is 11.3 Å². The van der Waals surface area contributed by atoms with Crippen LogP contribution in [-0.2, 0) is 6.61 Å². The first kappa shape index (κ1) is 16.8. The van der Waals surface area contributed by atoms with E-state index in [-0.39, 0.29) is 6.61 Å². The fourth-order valence-electron chi connectivity index (χ4n) is 4.83. The lowest BCUT2D eigenvalue weighted by Crippen LogP contribution is -2.29. The molecule has 1 nitrogen and oxygen atoms in total. The largest absolute Gasteiger partial charge is 0.392 e. The van der Waals surface area contributed by atoms with E-state index in [1.54, 1.807) is 5.57 Å². The summed E-state index contributed by atoms with van der Waals surface area (Å²) in [5.41, 5.74) is 6.54. The molecule has 0 heterocycles. The highest BCUT2D eigenvalue weighted by atomic mass is 16.3. The first-order valence-electron chi connectivity index (χ1n) is 9.48. The zero-order chi connectivity index (χ0) is 16.4. The Hall–Kier alpha value is -1.08. The predicted molar refractivity (Wildman–Crippen MR) is 97.4 cm³/mol. The second-order valence-electron chi connectivity index (χ2n) is 8.04. The quantitative estimate of drug-likeness (QED) is 0.678. The Labute approximate surface area is 141 Å². The molecule has 1 N–H and O–H groups in total. The van der Waals surface area contributed by atoms with Crippen LogP contribution in [0.1, 0.15) is 82.8 Å². The van der Waals surface area contributed by atoms with Gasteiger partial charge in [-0.3, -0.25) is 0 Å². The van der Waals surface area contributed by atoms with Gasteiger partial charge in [0, 0.05) is 0 Å². The van der Waals surface area contributed by atoms with Gasteiger partial charge in [0.05, 0.1) is 6.61 Å². The van der Waals surface area contributed by atoms with E-state index < -0.39 is 0 Å². The van der Waals surface area contributed by atoms with Crippen LogP contribution < -0.4 is 0 Å². The van der Waals surface area contributed by atoms with E-state index in [0.717, 1.165) is 11.5 Å². The van der Waals surface area contributed by atoms with Crippen molar-refractivity contribution >= 4 is 0 Å². The van der Waals surface area contributed by atoms with Gasteiger partial charge in [-0.1, -0.05) is 56.2 Å². The second kappa shape index (κ2) is 6.81. The number of hydrogen-bond donors (Lipinski definition) is 1. The molecule has 1 aromatic carbocycles. The molecule has 0 aromatic heterocycles. The molecule has 0 bridgehead atoms. The van der Waals surface area contributed by atoms with E-state index in [2.05, 4.69) is 45.0 Å². The summed E-state index contributed by atoms with van der Waals surface area (Å²) in [6, 6.07) is 8.60. The average Bonchev–Trinajstić information content (AvgIpc) is 2.61. The Morgan fingerprint density at radius 3 is 2.61 bits per heavy atom. The van der Waals surface area contributed by atoms with Gasteiger partial charge in [-0.2, -0.15) is 0 Å². The molecule has 23 heavy (non-hydrogen) atoms. The van der Waals surface area contributed by atoms with Crippen molar-refractivity contribution in [3.8, 4) is 0 Å². The fraction of sp³-hybridized carbons (Fsp3) is 0.636. The van der Waals surface area contributed by atoms with E-state index in [1.165, 1.54) is 50.5 Å². The minimum absolute atomic E-state index is 0.142. The molecule has 0 aliphatic heterocycles. The third-order valence-electron chi connectivity index (χ3n) is 6.82. The second-order valence-corrected chi connectivity index (χ2v) is 8.04. The summed E-state index contributed by atoms with van der Waals surface area (Å²) in [6.07, 6.45) is 9.41. The highest BCUT2D eigenvalue weighted by Crippen LogP contribution is 2.51. The van der Waals surface area contributed by atoms with Crippen molar-refractivity contribution < 1.29 is 5.11 Å². The highest BCUT2D eigenvalue weighted by Gasteiger charge is 2.37. The van der Waals surface area contributed by atoms with Crippen LogP contribution in [0.25, 0.3) is 0 Å². The summed E-state index contributed by atoms with van der Waals surface area (Å²) < 4.78 is 0. The zero-order valence-corrected chi connectivity index (χ0v) is 15.1. The smallest absolute Gasteiger partial charge is 0.0681 e. The van der Waals surface area contributed by atoms with Crippen LogP contribution in [0, 0.1) is 11.3 Å². The molecular weight excluding hydrogens is 280 g/mol. The van der Waals surface area contributed by atoms with Gasteiger partial charge in [-0.25, -0.2) is 0 Å². The lowest BCUT2D eigenvalue weighted by atomic mass is 9.62. The zero-order valence-electron chi connectivity index (χ0n) is 15.1. The molecule has 0 saturated carbocycles. The summed E-state index contributed by atoms with van der Waals surface area (Å²) in [5, 5.41) is 9.22. The first-order valence-corrected chi connectivity index (χ1v) is 9.48. The van der Waals surface area contributed by atoms with Crippen LogP contribution in [0.2, 0.25) is 0 Å². The Balaban J connectivity index is 1.78. The third-order valence-corrected chi connectivity index (χ3v) is 6.82. The molecule has 3 rings (SSSR count). The standard InChI is InChI=1S/C22H32O/c1-4-22(3)13-5-6-19-11-12-20(14-21(19)22)16(2)18-9-7-17(15-23)8-10-18/h7-10,16,20,23H,4-6,11-15H2,1-3H3. The van der Waals surface area contributed by atoms with Crippen LogP contribution in [0.3, 0.4) is 0 Å². The van der Waals surface area contributed by atoms with Crippen molar-refractivity contribution in [1.29, 1.82) is 0 Å². The van der Waals surface area contributed by atoms with Crippen molar-refractivity contribution in [2.45, 2.75) is 78.2 Å². The SMILES string of the molecule is CCC1(C)CCCC2=C1CC(C(C)c1ccc(CO)cc1)CC2. The summed E-state index contributed by atoms with van der Waals surface area (Å²) >= 11 is 0. The monoisotopic (exact) mass is 312 g/mol. The molecule has 3 unspecified atom stereocenters. The van der Waals surface area contributed by atoms with Crippen molar-refractivity contribution in [2.75, 3.05) is 0 Å². The molecule has 126 valence electrons. The molecule has 2 aliphatic rings. The van der Waals surface area contributed by atoms with Crippen molar-refractivity contribution in [1.82, 2.24) is 0 Å². The van der Waals surface area contributed by atoms with E-state index in [4.69, 9.17) is 0 Å². The number of benzene rings is 1. The third kappa shape index (κ3) is 3.26. The van der Waals surface area contributed by atoms with Gasteiger partial charge < -0.3 is 5.11 Å². The molecule has 0 amide bonds. The molecule has 1 heteroatoms. The number of hydrogen-bond acceptors (Lipinski definition) is 1. The Bertz CT molecular complexity index is 568. The molecule has 1 aromatic rings. The van der Waals surface area contributed by atoms with E-state index in [0.29, 0.717) is 11.3 Å². The Kier molecular flexibility index (Phi) is 4.96. The van der Waals surface area contributed by atoms with Crippen LogP contribution in [0.15, 0.2) is 35.4 Å². The molecule has 0 spiro atoms. The predicted octanol–water partition coefficient (Wildman–Crippen LogP) is 5.98. The van der Waals surface area contributed by atoms with Gasteiger partial charge in [-0.15, -0.1) is 0 Å². The summed E-state index contributed by atoms with van der Waals surface area (Å²) in [4.78, 5) is 0. The van der Waals surface area contributed by atoms with Crippen molar-refractivity contribution in [3.63, 3.8) is 0 Å². The van der Waals surface area contributed by atoms with Crippen molar-refractivity contribution in [3.05, 3.63) is 46.5 Å². The number of aliphatic hydroxyl groups excluding tert-OH is 1. The topological polar surface area (TPSA) is 20.2 Å². The molecular formula is C22H32O. The van der Waals surface area contributed by atoms with Gasteiger partial charge in [-0.05, 0) is 73.3 Å². The summed E-state index contributed by atoms with van der Waals surface area (Å²) in [5.74, 6) is 1.39. The van der Waals surface area contributed by atoms with E-state index in [9.17, 15) is 5.11 Å². The Morgan fingerprint density at radius 1 is 1.22 bits per heavy atom. The summed E-state index contributed by atoms with van der Waals surface area (Å²) in [7, 11) is 0. The van der Waals surface area contributed by atoms with Gasteiger partial charge in [0.1, 0.15) is 0 Å². The molecule has 0 radical (unpaired) electrons. The van der Waals surface area contributed by atoms with Gasteiger partial charge in [0.15, 0.2) is 0 Å². The maximum Gasteiger partial charge on any atom is 0.0681 e. The van der Waals surface area contributed by atoms with Gasteiger partial charge in [0.2, 0.25) is 0 Å².